The highest BCUT2D eigenvalue weighted by Gasteiger charge is 2.12. The molecular formula is C11H7BrF2IN. The Labute approximate surface area is 114 Å². The van der Waals surface area contributed by atoms with E-state index in [2.05, 4.69) is 43.5 Å². The van der Waals surface area contributed by atoms with Gasteiger partial charge in [-0.15, -0.1) is 0 Å². The van der Waals surface area contributed by atoms with Crippen molar-refractivity contribution in [2.45, 2.75) is 13.3 Å². The molecule has 0 saturated heterocycles. The molecule has 0 atom stereocenters. The van der Waals surface area contributed by atoms with Gasteiger partial charge in [-0.1, -0.05) is 0 Å². The van der Waals surface area contributed by atoms with Gasteiger partial charge in [-0.3, -0.25) is 0 Å². The van der Waals surface area contributed by atoms with Gasteiger partial charge >= 0.3 is 0 Å². The molecule has 0 bridgehead atoms. The van der Waals surface area contributed by atoms with Gasteiger partial charge in [-0.2, -0.15) is 0 Å². The quantitative estimate of drug-likeness (QED) is 0.627. The third-order valence-electron chi connectivity index (χ3n) is 2.30. The fraction of sp³-hybridized carbons (Fsp3) is 0.182. The number of halogens is 4. The summed E-state index contributed by atoms with van der Waals surface area (Å²) in [5.41, 5.74) is 1.27. The lowest BCUT2D eigenvalue weighted by Crippen LogP contribution is -1.94. The molecule has 0 amide bonds. The number of fused-ring (bicyclic) bond motifs is 1. The van der Waals surface area contributed by atoms with Crippen LogP contribution in [0, 0.1) is 10.5 Å². The number of hydrogen-bond acceptors (Lipinski definition) is 1. The smallest absolute Gasteiger partial charge is 0.247 e. The van der Waals surface area contributed by atoms with Gasteiger partial charge < -0.3 is 0 Å². The van der Waals surface area contributed by atoms with Crippen LogP contribution >= 0.6 is 38.5 Å². The van der Waals surface area contributed by atoms with E-state index in [4.69, 9.17) is 0 Å². The second-order valence-electron chi connectivity index (χ2n) is 3.45. The Balaban J connectivity index is 2.77. The van der Waals surface area contributed by atoms with Crippen molar-refractivity contribution >= 4 is 49.4 Å². The number of alkyl halides is 2. The Morgan fingerprint density at radius 1 is 1.31 bits per heavy atom. The summed E-state index contributed by atoms with van der Waals surface area (Å²) in [6.07, 6.45) is -2.52. The van der Waals surface area contributed by atoms with Crippen LogP contribution in [-0.4, -0.2) is 4.98 Å². The Kier molecular flexibility index (Phi) is 3.44. The lowest BCUT2D eigenvalue weighted by Gasteiger charge is -2.07. The number of aromatic nitrogens is 1. The second kappa shape index (κ2) is 4.52. The molecule has 16 heavy (non-hydrogen) atoms. The van der Waals surface area contributed by atoms with Gasteiger partial charge in [-0.25, -0.2) is 13.8 Å². The van der Waals surface area contributed by atoms with E-state index in [0.29, 0.717) is 5.52 Å². The van der Waals surface area contributed by atoms with Crippen molar-refractivity contribution < 1.29 is 8.78 Å². The van der Waals surface area contributed by atoms with Crippen LogP contribution in [0.5, 0.6) is 0 Å². The summed E-state index contributed by atoms with van der Waals surface area (Å²) >= 11 is 5.55. The molecule has 0 aliphatic carbocycles. The van der Waals surface area contributed by atoms with Crippen LogP contribution in [0.3, 0.4) is 0 Å². The average Bonchev–Trinajstić information content (AvgIpc) is 2.20. The van der Waals surface area contributed by atoms with Gasteiger partial charge in [-0.05, 0) is 69.2 Å². The zero-order valence-electron chi connectivity index (χ0n) is 8.27. The highest BCUT2D eigenvalue weighted by molar-refractivity contribution is 14.1. The van der Waals surface area contributed by atoms with Gasteiger partial charge in [0, 0.05) is 13.4 Å². The Morgan fingerprint density at radius 2 is 2.00 bits per heavy atom. The first-order chi connectivity index (χ1) is 7.49. The van der Waals surface area contributed by atoms with E-state index in [1.807, 2.05) is 13.0 Å². The van der Waals surface area contributed by atoms with E-state index in [1.54, 1.807) is 6.07 Å². The summed E-state index contributed by atoms with van der Waals surface area (Å²) in [6.45, 7) is 1.81. The molecule has 1 heterocycles. The average molecular weight is 398 g/mol. The maximum absolute atomic E-state index is 12.6. The van der Waals surface area contributed by atoms with Crippen molar-refractivity contribution in [2.75, 3.05) is 0 Å². The van der Waals surface area contributed by atoms with Gasteiger partial charge in [0.15, 0.2) is 0 Å². The van der Waals surface area contributed by atoms with E-state index in [-0.39, 0.29) is 5.69 Å². The zero-order chi connectivity index (χ0) is 11.9. The number of hydrogen-bond donors (Lipinski definition) is 0. The normalized spacial score (nSPS) is 11.4. The Morgan fingerprint density at radius 3 is 2.62 bits per heavy atom. The topological polar surface area (TPSA) is 12.9 Å². The standard InChI is InChI=1S/C11H7BrF2IN/c1-5-2-10(11(13)14)16-9-4-8(15)7(12)3-6(5)9/h2-4,11H,1H3. The molecule has 0 unspecified atom stereocenters. The van der Waals surface area contributed by atoms with Crippen LogP contribution in [0.1, 0.15) is 17.7 Å². The van der Waals surface area contributed by atoms with E-state index in [9.17, 15) is 8.78 Å². The van der Waals surface area contributed by atoms with E-state index in [0.717, 1.165) is 19.0 Å². The molecular weight excluding hydrogens is 391 g/mol. The molecule has 0 aliphatic rings. The van der Waals surface area contributed by atoms with Crippen molar-refractivity contribution in [1.29, 1.82) is 0 Å². The number of benzene rings is 1. The van der Waals surface area contributed by atoms with E-state index in [1.165, 1.54) is 6.07 Å². The SMILES string of the molecule is Cc1cc(C(F)F)nc2cc(I)c(Br)cc12. The van der Waals surface area contributed by atoms with Crippen molar-refractivity contribution in [2.24, 2.45) is 0 Å². The molecule has 2 rings (SSSR count). The largest absolute Gasteiger partial charge is 0.280 e. The van der Waals surface area contributed by atoms with Gasteiger partial charge in [0.2, 0.25) is 0 Å². The summed E-state index contributed by atoms with van der Waals surface area (Å²) in [4.78, 5) is 3.96. The first kappa shape index (κ1) is 12.2. The summed E-state index contributed by atoms with van der Waals surface area (Å²) in [7, 11) is 0. The molecule has 0 aliphatic heterocycles. The van der Waals surface area contributed by atoms with Crippen molar-refractivity contribution in [3.8, 4) is 0 Å². The van der Waals surface area contributed by atoms with Crippen LogP contribution in [0.2, 0.25) is 0 Å². The molecule has 2 aromatic rings. The lowest BCUT2D eigenvalue weighted by atomic mass is 10.1. The fourth-order valence-corrected chi connectivity index (χ4v) is 2.32. The summed E-state index contributed by atoms with van der Waals surface area (Å²) in [6, 6.07) is 5.15. The molecule has 0 spiro atoms. The number of rotatable bonds is 1. The van der Waals surface area contributed by atoms with Crippen LogP contribution in [0.4, 0.5) is 8.78 Å². The first-order valence-electron chi connectivity index (χ1n) is 4.53. The van der Waals surface area contributed by atoms with Gasteiger partial charge in [0.25, 0.3) is 6.43 Å². The van der Waals surface area contributed by atoms with Crippen LogP contribution in [0.25, 0.3) is 10.9 Å². The lowest BCUT2D eigenvalue weighted by molar-refractivity contribution is 0.146. The third-order valence-corrected chi connectivity index (χ3v) is 4.59. The summed E-state index contributed by atoms with van der Waals surface area (Å²) < 4.78 is 27.1. The Bertz CT molecular complexity index is 557. The highest BCUT2D eigenvalue weighted by atomic mass is 127. The molecule has 84 valence electrons. The summed E-state index contributed by atoms with van der Waals surface area (Å²) in [5.74, 6) is 0. The number of nitrogens with zero attached hydrogens (tertiary/aromatic N) is 1. The minimum Gasteiger partial charge on any atom is -0.247 e. The first-order valence-corrected chi connectivity index (χ1v) is 6.40. The molecule has 0 fully saturated rings. The fourth-order valence-electron chi connectivity index (χ4n) is 1.53. The van der Waals surface area contributed by atoms with Crippen molar-refractivity contribution in [3.05, 3.63) is 37.5 Å². The van der Waals surface area contributed by atoms with E-state index < -0.39 is 6.43 Å². The minimum atomic E-state index is -2.52. The van der Waals surface area contributed by atoms with Crippen molar-refractivity contribution in [1.82, 2.24) is 4.98 Å². The molecule has 0 N–H and O–H groups in total. The monoisotopic (exact) mass is 397 g/mol. The molecule has 5 heteroatoms. The maximum atomic E-state index is 12.6. The van der Waals surface area contributed by atoms with Crippen LogP contribution < -0.4 is 0 Å². The Hall–Kier alpha value is -0.300. The molecule has 0 saturated carbocycles. The van der Waals surface area contributed by atoms with Crippen LogP contribution in [0.15, 0.2) is 22.7 Å². The predicted octanol–water partition coefficient (Wildman–Crippen LogP) is 4.85. The molecule has 1 aromatic heterocycles. The van der Waals surface area contributed by atoms with E-state index >= 15 is 0 Å². The highest BCUT2D eigenvalue weighted by Crippen LogP contribution is 2.29. The minimum absolute atomic E-state index is 0.164. The third kappa shape index (κ3) is 2.20. The second-order valence-corrected chi connectivity index (χ2v) is 5.46. The molecule has 1 aromatic carbocycles. The summed E-state index contributed by atoms with van der Waals surface area (Å²) in [5, 5.41) is 0.900. The van der Waals surface area contributed by atoms with Crippen LogP contribution in [-0.2, 0) is 0 Å². The molecule has 1 nitrogen and oxygen atoms in total. The number of aryl methyl sites for hydroxylation is 1. The maximum Gasteiger partial charge on any atom is 0.280 e. The zero-order valence-corrected chi connectivity index (χ0v) is 12.0. The molecule has 0 radical (unpaired) electrons. The van der Waals surface area contributed by atoms with Crippen molar-refractivity contribution in [3.63, 3.8) is 0 Å². The number of pyridine rings is 1. The van der Waals surface area contributed by atoms with Gasteiger partial charge in [0.05, 0.1) is 5.52 Å². The van der Waals surface area contributed by atoms with Gasteiger partial charge in [0.1, 0.15) is 5.69 Å². The predicted molar refractivity (Wildman–Crippen MR) is 71.9 cm³/mol.